The largest absolute Gasteiger partial charge is 0.493 e. The number of carbonyl (C=O) groups excluding carboxylic acids is 2. The topological polar surface area (TPSA) is 59.1 Å². The number of likely N-dealkylation sites (N-methyl/N-ethyl adjacent to an activating group) is 1. The monoisotopic (exact) mass is 366 g/mol. The number of fused-ring (bicyclic) bond motifs is 2. The van der Waals surface area contributed by atoms with Gasteiger partial charge >= 0.3 is 0 Å². The Morgan fingerprint density at radius 3 is 2.59 bits per heavy atom. The van der Waals surface area contributed by atoms with Crippen molar-refractivity contribution in [3.8, 4) is 11.5 Å². The summed E-state index contributed by atoms with van der Waals surface area (Å²) in [5, 5.41) is 0. The van der Waals surface area contributed by atoms with Crippen molar-refractivity contribution in [2.75, 3.05) is 39.3 Å². The minimum Gasteiger partial charge on any atom is -0.493 e. The number of amides is 2. The van der Waals surface area contributed by atoms with Gasteiger partial charge in [0.1, 0.15) is 0 Å². The van der Waals surface area contributed by atoms with E-state index in [-0.39, 0.29) is 11.8 Å². The molecule has 2 aliphatic heterocycles. The van der Waals surface area contributed by atoms with Crippen LogP contribution in [0.3, 0.4) is 0 Å². The molecule has 27 heavy (non-hydrogen) atoms. The number of anilines is 1. The van der Waals surface area contributed by atoms with Gasteiger partial charge in [-0.05, 0) is 30.2 Å². The van der Waals surface area contributed by atoms with Gasteiger partial charge in [-0.15, -0.1) is 0 Å². The Kier molecular flexibility index (Phi) is 4.06. The van der Waals surface area contributed by atoms with Crippen LogP contribution in [0.5, 0.6) is 11.5 Å². The first-order chi connectivity index (χ1) is 13.0. The number of likely N-dealkylation sites (tertiary alicyclic amines) is 1. The number of carbonyl (C=O) groups is 2. The SMILES string of the molecule is COc1cccc(C(=O)N2CCC3(C2)C(=O)N(C)c2ccccc23)c1OC. The van der Waals surface area contributed by atoms with Crippen LogP contribution in [0.4, 0.5) is 5.69 Å². The predicted octanol–water partition coefficient (Wildman–Crippen LogP) is 2.46. The lowest BCUT2D eigenvalue weighted by Gasteiger charge is -2.24. The van der Waals surface area contributed by atoms with Crippen LogP contribution < -0.4 is 14.4 Å². The minimum atomic E-state index is -0.660. The second-order valence-corrected chi connectivity index (χ2v) is 6.98. The van der Waals surface area contributed by atoms with E-state index in [1.807, 2.05) is 24.3 Å². The lowest BCUT2D eigenvalue weighted by atomic mass is 9.81. The number of ether oxygens (including phenoxy) is 2. The number of rotatable bonds is 3. The van der Waals surface area contributed by atoms with E-state index in [9.17, 15) is 9.59 Å². The molecule has 1 atom stereocenters. The summed E-state index contributed by atoms with van der Waals surface area (Å²) in [4.78, 5) is 29.7. The third-order valence-electron chi connectivity index (χ3n) is 5.68. The van der Waals surface area contributed by atoms with Crippen molar-refractivity contribution in [2.45, 2.75) is 11.8 Å². The molecule has 4 rings (SSSR count). The number of nitrogens with zero attached hydrogens (tertiary/aromatic N) is 2. The molecule has 0 aromatic heterocycles. The van der Waals surface area contributed by atoms with Gasteiger partial charge in [-0.25, -0.2) is 0 Å². The number of para-hydroxylation sites is 2. The summed E-state index contributed by atoms with van der Waals surface area (Å²) in [6.07, 6.45) is 0.616. The van der Waals surface area contributed by atoms with Crippen molar-refractivity contribution in [3.05, 3.63) is 53.6 Å². The number of hydrogen-bond acceptors (Lipinski definition) is 4. The molecule has 1 fully saturated rings. The molecule has 0 bridgehead atoms. The van der Waals surface area contributed by atoms with E-state index >= 15 is 0 Å². The molecule has 2 aromatic rings. The first kappa shape index (κ1) is 17.4. The average Bonchev–Trinajstić information content (AvgIpc) is 3.25. The van der Waals surface area contributed by atoms with Gasteiger partial charge in [-0.2, -0.15) is 0 Å². The lowest BCUT2D eigenvalue weighted by Crippen LogP contribution is -2.42. The van der Waals surface area contributed by atoms with Gasteiger partial charge < -0.3 is 19.3 Å². The lowest BCUT2D eigenvalue weighted by molar-refractivity contribution is -0.122. The summed E-state index contributed by atoms with van der Waals surface area (Å²) in [6.45, 7) is 0.888. The molecule has 0 N–H and O–H groups in total. The molecule has 6 nitrogen and oxygen atoms in total. The Bertz CT molecular complexity index is 926. The molecule has 140 valence electrons. The van der Waals surface area contributed by atoms with Gasteiger partial charge in [0.05, 0.1) is 25.2 Å². The number of benzene rings is 2. The van der Waals surface area contributed by atoms with Gasteiger partial charge in [0, 0.05) is 25.8 Å². The molecule has 2 aliphatic rings. The molecule has 2 heterocycles. The van der Waals surface area contributed by atoms with Gasteiger partial charge in [0.25, 0.3) is 5.91 Å². The van der Waals surface area contributed by atoms with Crippen LogP contribution in [0.25, 0.3) is 0 Å². The number of methoxy groups -OCH3 is 2. The fourth-order valence-electron chi connectivity index (χ4n) is 4.32. The highest BCUT2D eigenvalue weighted by molar-refractivity contribution is 6.09. The van der Waals surface area contributed by atoms with Gasteiger partial charge in [-0.3, -0.25) is 9.59 Å². The molecule has 0 saturated carbocycles. The third-order valence-corrected chi connectivity index (χ3v) is 5.68. The van der Waals surface area contributed by atoms with Crippen molar-refractivity contribution in [1.29, 1.82) is 0 Å². The predicted molar refractivity (Wildman–Crippen MR) is 102 cm³/mol. The Morgan fingerprint density at radius 1 is 1.07 bits per heavy atom. The van der Waals surface area contributed by atoms with Gasteiger partial charge in [-0.1, -0.05) is 24.3 Å². The van der Waals surface area contributed by atoms with Crippen LogP contribution >= 0.6 is 0 Å². The zero-order chi connectivity index (χ0) is 19.2. The van der Waals surface area contributed by atoms with Crippen LogP contribution in [0.15, 0.2) is 42.5 Å². The van der Waals surface area contributed by atoms with Crippen molar-refractivity contribution in [2.24, 2.45) is 0 Å². The van der Waals surface area contributed by atoms with Crippen molar-refractivity contribution >= 4 is 17.5 Å². The van der Waals surface area contributed by atoms with E-state index in [1.54, 1.807) is 42.2 Å². The van der Waals surface area contributed by atoms with Crippen LogP contribution in [0.1, 0.15) is 22.3 Å². The van der Waals surface area contributed by atoms with E-state index in [2.05, 4.69) is 0 Å². The zero-order valence-corrected chi connectivity index (χ0v) is 15.7. The summed E-state index contributed by atoms with van der Waals surface area (Å²) < 4.78 is 10.7. The Morgan fingerprint density at radius 2 is 1.85 bits per heavy atom. The molecule has 0 radical (unpaired) electrons. The summed E-state index contributed by atoms with van der Waals surface area (Å²) in [5.74, 6) is 0.833. The normalized spacial score (nSPS) is 20.9. The third kappa shape index (κ3) is 2.40. The smallest absolute Gasteiger partial charge is 0.257 e. The Balaban J connectivity index is 1.68. The summed E-state index contributed by atoms with van der Waals surface area (Å²) in [5.41, 5.74) is 1.72. The molecule has 1 unspecified atom stereocenters. The average molecular weight is 366 g/mol. The van der Waals surface area contributed by atoms with Gasteiger partial charge in [0.2, 0.25) is 5.91 Å². The van der Waals surface area contributed by atoms with Crippen molar-refractivity contribution in [3.63, 3.8) is 0 Å². The standard InChI is InChI=1S/C21H22N2O4/c1-22-16-9-5-4-8-15(16)21(20(22)25)11-12-23(13-21)19(24)14-7-6-10-17(26-2)18(14)27-3/h4-10H,11-13H2,1-3H3. The number of hydrogen-bond donors (Lipinski definition) is 0. The molecule has 1 saturated heterocycles. The van der Waals surface area contributed by atoms with Crippen LogP contribution in [-0.2, 0) is 10.2 Å². The van der Waals surface area contributed by atoms with E-state index < -0.39 is 5.41 Å². The van der Waals surface area contributed by atoms with E-state index in [0.717, 1.165) is 11.3 Å². The quantitative estimate of drug-likeness (QED) is 0.837. The van der Waals surface area contributed by atoms with Crippen LogP contribution in [-0.4, -0.2) is 51.1 Å². The zero-order valence-electron chi connectivity index (χ0n) is 15.7. The molecule has 6 heteroatoms. The van der Waals surface area contributed by atoms with E-state index in [4.69, 9.17) is 9.47 Å². The maximum absolute atomic E-state index is 13.2. The Hall–Kier alpha value is -3.02. The second-order valence-electron chi connectivity index (χ2n) is 6.98. The molecule has 2 amide bonds. The van der Waals surface area contributed by atoms with Crippen molar-refractivity contribution in [1.82, 2.24) is 4.90 Å². The first-order valence-electron chi connectivity index (χ1n) is 8.91. The maximum Gasteiger partial charge on any atom is 0.257 e. The summed E-state index contributed by atoms with van der Waals surface area (Å²) in [6, 6.07) is 13.1. The Labute approximate surface area is 158 Å². The highest BCUT2D eigenvalue weighted by Crippen LogP contribution is 2.47. The summed E-state index contributed by atoms with van der Waals surface area (Å²) >= 11 is 0. The van der Waals surface area contributed by atoms with E-state index in [0.29, 0.717) is 36.6 Å². The molecule has 2 aromatic carbocycles. The molecular formula is C21H22N2O4. The maximum atomic E-state index is 13.2. The molecular weight excluding hydrogens is 344 g/mol. The molecule has 0 aliphatic carbocycles. The first-order valence-corrected chi connectivity index (χ1v) is 8.91. The van der Waals surface area contributed by atoms with Crippen LogP contribution in [0.2, 0.25) is 0 Å². The highest BCUT2D eigenvalue weighted by atomic mass is 16.5. The van der Waals surface area contributed by atoms with E-state index in [1.165, 1.54) is 7.11 Å². The summed E-state index contributed by atoms with van der Waals surface area (Å²) in [7, 11) is 4.86. The minimum absolute atomic E-state index is 0.0524. The fourth-order valence-corrected chi connectivity index (χ4v) is 4.32. The molecule has 1 spiro atoms. The second kappa shape index (κ2) is 6.30. The fraction of sp³-hybridized carbons (Fsp3) is 0.333. The van der Waals surface area contributed by atoms with Crippen molar-refractivity contribution < 1.29 is 19.1 Å². The van der Waals surface area contributed by atoms with Gasteiger partial charge in [0.15, 0.2) is 11.5 Å². The highest BCUT2D eigenvalue weighted by Gasteiger charge is 2.54. The van der Waals surface area contributed by atoms with Crippen LogP contribution in [0, 0.1) is 0 Å².